The Hall–Kier alpha value is -2.52. The van der Waals surface area contributed by atoms with Gasteiger partial charge in [-0.3, -0.25) is 0 Å². The Labute approximate surface area is 167 Å². The van der Waals surface area contributed by atoms with E-state index in [0.29, 0.717) is 28.1 Å². The second-order valence-electron chi connectivity index (χ2n) is 5.70. The van der Waals surface area contributed by atoms with Gasteiger partial charge < -0.3 is 9.47 Å². The maximum Gasteiger partial charge on any atom is 0.174 e. The van der Waals surface area contributed by atoms with E-state index in [1.54, 1.807) is 55.4 Å². The lowest BCUT2D eigenvalue weighted by molar-refractivity contribution is 0.0198. The van der Waals surface area contributed by atoms with Crippen LogP contribution in [0, 0.1) is 11.8 Å². The Morgan fingerprint density at radius 2 is 1.85 bits per heavy atom. The maximum atomic E-state index is 6.57. The van der Waals surface area contributed by atoms with Crippen LogP contribution in [0.4, 0.5) is 0 Å². The predicted octanol–water partition coefficient (Wildman–Crippen LogP) is 4.94. The molecule has 0 saturated carbocycles. The molecule has 138 valence electrons. The van der Waals surface area contributed by atoms with Gasteiger partial charge in [0.1, 0.15) is 24.2 Å². The molecule has 3 aromatic rings. The van der Waals surface area contributed by atoms with E-state index in [1.807, 2.05) is 12.1 Å². The van der Waals surface area contributed by atoms with Crippen molar-refractivity contribution in [1.29, 1.82) is 0 Å². The van der Waals surface area contributed by atoms with E-state index in [2.05, 4.69) is 21.9 Å². The average molecular weight is 402 g/mol. The molecule has 0 bridgehead atoms. The Bertz CT molecular complexity index is 963. The summed E-state index contributed by atoms with van der Waals surface area (Å²) in [7, 11) is 1.59. The summed E-state index contributed by atoms with van der Waals surface area (Å²) in [6, 6.07) is 12.5. The van der Waals surface area contributed by atoms with Crippen molar-refractivity contribution in [3.8, 4) is 23.3 Å². The van der Waals surface area contributed by atoms with Crippen LogP contribution in [-0.4, -0.2) is 21.9 Å². The minimum Gasteiger partial charge on any atom is -0.457 e. The van der Waals surface area contributed by atoms with Crippen LogP contribution in [0.25, 0.3) is 0 Å². The summed E-state index contributed by atoms with van der Waals surface area (Å²) < 4.78 is 13.3. The molecule has 1 atom stereocenters. The van der Waals surface area contributed by atoms with Gasteiger partial charge in [-0.05, 0) is 49.4 Å². The van der Waals surface area contributed by atoms with Crippen molar-refractivity contribution in [3.05, 3.63) is 70.7 Å². The van der Waals surface area contributed by atoms with Gasteiger partial charge >= 0.3 is 0 Å². The van der Waals surface area contributed by atoms with Crippen molar-refractivity contribution >= 4 is 23.2 Å². The fourth-order valence-electron chi connectivity index (χ4n) is 2.69. The molecule has 7 heteroatoms. The van der Waals surface area contributed by atoms with Crippen molar-refractivity contribution in [2.45, 2.75) is 19.1 Å². The SMILES string of the molecule is CC#CC(Cn1cncn1)(OC)c1ccc(Oc2ccc(Cl)cc2)cc1Cl. The van der Waals surface area contributed by atoms with Gasteiger partial charge in [-0.2, -0.15) is 5.10 Å². The zero-order valence-corrected chi connectivity index (χ0v) is 16.3. The van der Waals surface area contributed by atoms with E-state index < -0.39 is 5.60 Å². The van der Waals surface area contributed by atoms with Gasteiger partial charge in [-0.15, -0.1) is 5.92 Å². The number of benzene rings is 2. The smallest absolute Gasteiger partial charge is 0.174 e. The zero-order chi connectivity index (χ0) is 19.3. The predicted molar refractivity (Wildman–Crippen MR) is 105 cm³/mol. The van der Waals surface area contributed by atoms with E-state index in [4.69, 9.17) is 32.7 Å². The van der Waals surface area contributed by atoms with Crippen LogP contribution in [0.15, 0.2) is 55.1 Å². The number of hydrogen-bond acceptors (Lipinski definition) is 4. The molecular weight excluding hydrogens is 385 g/mol. The van der Waals surface area contributed by atoms with Crippen LogP contribution in [0.5, 0.6) is 11.5 Å². The first-order chi connectivity index (χ1) is 13.1. The zero-order valence-electron chi connectivity index (χ0n) is 14.8. The molecule has 0 aliphatic rings. The van der Waals surface area contributed by atoms with Crippen LogP contribution in [0.1, 0.15) is 12.5 Å². The first-order valence-corrected chi connectivity index (χ1v) is 8.87. The van der Waals surface area contributed by atoms with Crippen LogP contribution >= 0.6 is 23.2 Å². The highest BCUT2D eigenvalue weighted by Crippen LogP contribution is 2.36. The lowest BCUT2D eigenvalue weighted by Crippen LogP contribution is -2.33. The van der Waals surface area contributed by atoms with Crippen molar-refractivity contribution in [3.63, 3.8) is 0 Å². The van der Waals surface area contributed by atoms with Crippen LogP contribution < -0.4 is 4.74 Å². The number of methoxy groups -OCH3 is 1. The molecule has 0 N–H and O–H groups in total. The summed E-state index contributed by atoms with van der Waals surface area (Å²) in [5.74, 6) is 7.30. The minimum absolute atomic E-state index is 0.349. The third-order valence-corrected chi connectivity index (χ3v) is 4.52. The van der Waals surface area contributed by atoms with Crippen molar-refractivity contribution in [2.24, 2.45) is 0 Å². The Kier molecular flexibility index (Phi) is 6.02. The van der Waals surface area contributed by atoms with E-state index in [9.17, 15) is 0 Å². The molecule has 3 rings (SSSR count). The lowest BCUT2D eigenvalue weighted by Gasteiger charge is -2.28. The summed E-state index contributed by atoms with van der Waals surface area (Å²) in [5, 5.41) is 5.27. The van der Waals surface area contributed by atoms with Crippen molar-refractivity contribution in [1.82, 2.24) is 14.8 Å². The molecule has 2 aromatic carbocycles. The van der Waals surface area contributed by atoms with Crippen LogP contribution in [0.3, 0.4) is 0 Å². The van der Waals surface area contributed by atoms with Crippen LogP contribution in [0.2, 0.25) is 10.0 Å². The van der Waals surface area contributed by atoms with Gasteiger partial charge in [-0.25, -0.2) is 9.67 Å². The maximum absolute atomic E-state index is 6.57. The molecule has 1 heterocycles. The van der Waals surface area contributed by atoms with Gasteiger partial charge in [0.25, 0.3) is 0 Å². The third-order valence-electron chi connectivity index (χ3n) is 3.95. The van der Waals surface area contributed by atoms with E-state index >= 15 is 0 Å². The number of ether oxygens (including phenoxy) is 2. The fourth-order valence-corrected chi connectivity index (χ4v) is 3.14. The van der Waals surface area contributed by atoms with Gasteiger partial charge in [0.2, 0.25) is 0 Å². The van der Waals surface area contributed by atoms with Crippen molar-refractivity contribution < 1.29 is 9.47 Å². The van der Waals surface area contributed by atoms with Crippen molar-refractivity contribution in [2.75, 3.05) is 7.11 Å². The lowest BCUT2D eigenvalue weighted by atomic mass is 9.93. The number of nitrogens with zero attached hydrogens (tertiary/aromatic N) is 3. The molecule has 0 spiro atoms. The normalized spacial score (nSPS) is 12.7. The quantitative estimate of drug-likeness (QED) is 0.548. The number of rotatable bonds is 6. The molecule has 1 unspecified atom stereocenters. The molecule has 0 saturated heterocycles. The summed E-state index contributed by atoms with van der Waals surface area (Å²) in [5.41, 5.74) is -0.238. The Morgan fingerprint density at radius 3 is 2.44 bits per heavy atom. The topological polar surface area (TPSA) is 49.2 Å². The average Bonchev–Trinajstić information content (AvgIpc) is 3.16. The van der Waals surface area contributed by atoms with Gasteiger partial charge in [0.15, 0.2) is 5.60 Å². The highest BCUT2D eigenvalue weighted by Gasteiger charge is 2.33. The monoisotopic (exact) mass is 401 g/mol. The summed E-state index contributed by atoms with van der Waals surface area (Å²) >= 11 is 12.5. The van der Waals surface area contributed by atoms with E-state index in [0.717, 1.165) is 5.56 Å². The van der Waals surface area contributed by atoms with E-state index in [1.165, 1.54) is 6.33 Å². The second kappa shape index (κ2) is 8.45. The third kappa shape index (κ3) is 4.42. The summed E-state index contributed by atoms with van der Waals surface area (Å²) in [6.07, 6.45) is 3.07. The minimum atomic E-state index is -0.960. The molecule has 27 heavy (non-hydrogen) atoms. The molecular formula is C20H17Cl2N3O2. The van der Waals surface area contributed by atoms with Gasteiger partial charge in [-0.1, -0.05) is 29.1 Å². The number of aromatic nitrogens is 3. The molecule has 0 amide bonds. The number of halogens is 2. The number of hydrogen-bond donors (Lipinski definition) is 0. The molecule has 0 radical (unpaired) electrons. The molecule has 1 aromatic heterocycles. The standard InChI is InChI=1S/C20H17Cl2N3O2/c1-3-10-20(26-2,12-25-14-23-13-24-25)18-9-8-17(11-19(18)22)27-16-6-4-15(21)5-7-16/h4-9,11,13-14H,12H2,1-2H3. The Balaban J connectivity index is 1.93. The summed E-state index contributed by atoms with van der Waals surface area (Å²) in [6.45, 7) is 2.10. The van der Waals surface area contributed by atoms with Gasteiger partial charge in [0, 0.05) is 17.7 Å². The molecule has 0 aliphatic carbocycles. The first-order valence-electron chi connectivity index (χ1n) is 8.11. The van der Waals surface area contributed by atoms with Gasteiger partial charge in [0.05, 0.1) is 11.6 Å². The molecule has 5 nitrogen and oxygen atoms in total. The largest absolute Gasteiger partial charge is 0.457 e. The fraction of sp³-hybridized carbons (Fsp3) is 0.200. The Morgan fingerprint density at radius 1 is 1.11 bits per heavy atom. The highest BCUT2D eigenvalue weighted by atomic mass is 35.5. The van der Waals surface area contributed by atoms with E-state index in [-0.39, 0.29) is 0 Å². The van der Waals surface area contributed by atoms with Crippen LogP contribution in [-0.2, 0) is 16.9 Å². The molecule has 0 fully saturated rings. The first kappa shape index (κ1) is 19.2. The second-order valence-corrected chi connectivity index (χ2v) is 6.54. The molecule has 0 aliphatic heterocycles. The summed E-state index contributed by atoms with van der Waals surface area (Å²) in [4.78, 5) is 3.97. The highest BCUT2D eigenvalue weighted by molar-refractivity contribution is 6.31.